The molecule has 1 aromatic carbocycles. The smallest absolute Gasteiger partial charge is 0.269 e. The highest BCUT2D eigenvalue weighted by atomic mass is 32.1. The van der Waals surface area contributed by atoms with Crippen LogP contribution < -0.4 is 5.32 Å². The van der Waals surface area contributed by atoms with Crippen LogP contribution in [0.3, 0.4) is 0 Å². The van der Waals surface area contributed by atoms with Gasteiger partial charge < -0.3 is 5.32 Å². The van der Waals surface area contributed by atoms with Gasteiger partial charge in [-0.05, 0) is 47.1 Å². The first-order valence-corrected chi connectivity index (χ1v) is 8.19. The lowest BCUT2D eigenvalue weighted by molar-refractivity contribution is 0.103. The lowest BCUT2D eigenvalue weighted by Gasteiger charge is -2.05. The first-order chi connectivity index (χ1) is 10.3. The Kier molecular flexibility index (Phi) is 4.08. The van der Waals surface area contributed by atoms with Gasteiger partial charge in [0.05, 0.1) is 4.88 Å². The maximum atomic E-state index is 12.4. The predicted octanol–water partition coefficient (Wildman–Crippen LogP) is 4.08. The fraction of sp³-hybridized carbons (Fsp3) is 0.133. The molecule has 6 heteroatoms. The molecule has 1 N–H and O–H groups in total. The van der Waals surface area contributed by atoms with E-state index in [9.17, 15) is 4.79 Å². The molecule has 1 amide bonds. The van der Waals surface area contributed by atoms with Crippen LogP contribution in [0.5, 0.6) is 0 Å². The van der Waals surface area contributed by atoms with Gasteiger partial charge in [0, 0.05) is 5.69 Å². The number of rotatable bonds is 4. The Balaban J connectivity index is 1.81. The maximum Gasteiger partial charge on any atom is 0.269 e. The monoisotopic (exact) mass is 315 g/mol. The Labute approximate surface area is 130 Å². The summed E-state index contributed by atoms with van der Waals surface area (Å²) in [6.07, 6.45) is 0.982. The summed E-state index contributed by atoms with van der Waals surface area (Å²) in [5.74, 6) is -0.169. The first-order valence-electron chi connectivity index (χ1n) is 6.54. The van der Waals surface area contributed by atoms with Crippen molar-refractivity contribution >= 4 is 34.5 Å². The molecule has 0 bridgehead atoms. The molecule has 21 heavy (non-hydrogen) atoms. The van der Waals surface area contributed by atoms with Crippen molar-refractivity contribution in [2.75, 3.05) is 5.32 Å². The maximum absolute atomic E-state index is 12.4. The van der Waals surface area contributed by atoms with Gasteiger partial charge in [-0.2, -0.15) is 0 Å². The minimum atomic E-state index is -0.169. The zero-order chi connectivity index (χ0) is 14.7. The number of aromatic nitrogens is 2. The average Bonchev–Trinajstić information content (AvgIpc) is 3.18. The van der Waals surface area contributed by atoms with Gasteiger partial charge in [0.25, 0.3) is 5.91 Å². The second-order valence-corrected chi connectivity index (χ2v) is 6.13. The van der Waals surface area contributed by atoms with Gasteiger partial charge >= 0.3 is 0 Å². The van der Waals surface area contributed by atoms with Gasteiger partial charge in [0.2, 0.25) is 0 Å². The fourth-order valence-electron chi connectivity index (χ4n) is 1.93. The van der Waals surface area contributed by atoms with E-state index < -0.39 is 0 Å². The fourth-order valence-corrected chi connectivity index (χ4v) is 3.28. The van der Waals surface area contributed by atoms with Gasteiger partial charge in [0.15, 0.2) is 0 Å². The zero-order valence-corrected chi connectivity index (χ0v) is 13.0. The van der Waals surface area contributed by atoms with E-state index in [-0.39, 0.29) is 5.91 Å². The van der Waals surface area contributed by atoms with Gasteiger partial charge in [0.1, 0.15) is 10.6 Å². The van der Waals surface area contributed by atoms with Crippen LogP contribution in [0.2, 0.25) is 0 Å². The van der Waals surface area contributed by atoms with Gasteiger partial charge in [-0.1, -0.05) is 29.6 Å². The summed E-state index contributed by atoms with van der Waals surface area (Å²) in [4.78, 5) is 13.9. The van der Waals surface area contributed by atoms with E-state index >= 15 is 0 Å². The number of amides is 1. The molecule has 0 atom stereocenters. The van der Waals surface area contributed by atoms with Crippen molar-refractivity contribution in [1.82, 2.24) is 9.59 Å². The lowest BCUT2D eigenvalue weighted by Crippen LogP contribution is -2.11. The summed E-state index contributed by atoms with van der Waals surface area (Å²) in [6.45, 7) is 2.10. The van der Waals surface area contributed by atoms with E-state index in [1.807, 2.05) is 41.8 Å². The van der Waals surface area contributed by atoms with Crippen molar-refractivity contribution in [3.8, 4) is 10.6 Å². The zero-order valence-electron chi connectivity index (χ0n) is 11.4. The van der Waals surface area contributed by atoms with E-state index in [1.54, 1.807) is 11.3 Å². The number of aryl methyl sites for hydroxylation is 1. The molecular weight excluding hydrogens is 302 g/mol. The first kappa shape index (κ1) is 13.9. The third kappa shape index (κ3) is 3.01. The second kappa shape index (κ2) is 6.15. The number of carbonyl (C=O) groups excluding carboxylic acids is 1. The number of nitrogens with one attached hydrogen (secondary N) is 1. The van der Waals surface area contributed by atoms with Crippen molar-refractivity contribution < 1.29 is 4.79 Å². The summed E-state index contributed by atoms with van der Waals surface area (Å²) in [7, 11) is 0. The predicted molar refractivity (Wildman–Crippen MR) is 87.0 cm³/mol. The van der Waals surface area contributed by atoms with Crippen LogP contribution in [0.25, 0.3) is 10.6 Å². The molecule has 0 spiro atoms. The standard InChI is InChI=1S/C15H13N3OS2/c1-2-10-5-7-11(8-6-10)16-15(19)14-13(17-18-21-14)12-4-3-9-20-12/h3-9H,2H2,1H3,(H,16,19). The normalized spacial score (nSPS) is 10.5. The van der Waals surface area contributed by atoms with Crippen LogP contribution in [0.15, 0.2) is 41.8 Å². The van der Waals surface area contributed by atoms with Crippen molar-refractivity contribution in [2.45, 2.75) is 13.3 Å². The number of anilines is 1. The highest BCUT2D eigenvalue weighted by Gasteiger charge is 2.18. The summed E-state index contributed by atoms with van der Waals surface area (Å²) in [5.41, 5.74) is 2.67. The van der Waals surface area contributed by atoms with E-state index in [0.717, 1.165) is 28.5 Å². The molecule has 0 aliphatic carbocycles. The molecule has 0 saturated carbocycles. The van der Waals surface area contributed by atoms with Crippen molar-refractivity contribution in [2.24, 2.45) is 0 Å². The highest BCUT2D eigenvalue weighted by Crippen LogP contribution is 2.28. The SMILES string of the molecule is CCc1ccc(NC(=O)c2snnc2-c2cccs2)cc1. The minimum absolute atomic E-state index is 0.169. The van der Waals surface area contributed by atoms with Gasteiger partial charge in [-0.15, -0.1) is 16.4 Å². The van der Waals surface area contributed by atoms with Crippen LogP contribution in [0, 0.1) is 0 Å². The molecule has 4 nitrogen and oxygen atoms in total. The molecular formula is C15H13N3OS2. The third-order valence-corrected chi connectivity index (χ3v) is 4.67. The van der Waals surface area contributed by atoms with Crippen LogP contribution >= 0.6 is 22.9 Å². The van der Waals surface area contributed by atoms with Crippen molar-refractivity contribution in [1.29, 1.82) is 0 Å². The van der Waals surface area contributed by atoms with Crippen LogP contribution in [-0.4, -0.2) is 15.5 Å². The van der Waals surface area contributed by atoms with Gasteiger partial charge in [-0.3, -0.25) is 4.79 Å². The number of hydrogen-bond acceptors (Lipinski definition) is 5. The molecule has 106 valence electrons. The minimum Gasteiger partial charge on any atom is -0.321 e. The van der Waals surface area contributed by atoms with Crippen LogP contribution in [-0.2, 0) is 6.42 Å². The Hall–Kier alpha value is -2.05. The molecule has 3 rings (SSSR count). The van der Waals surface area contributed by atoms with E-state index in [4.69, 9.17) is 0 Å². The van der Waals surface area contributed by atoms with Crippen molar-refractivity contribution in [3.63, 3.8) is 0 Å². The molecule has 0 unspecified atom stereocenters. The highest BCUT2D eigenvalue weighted by molar-refractivity contribution is 7.14. The molecule has 0 saturated heterocycles. The number of carbonyl (C=O) groups is 1. The Morgan fingerprint density at radius 2 is 2.05 bits per heavy atom. The summed E-state index contributed by atoms with van der Waals surface area (Å²) >= 11 is 2.66. The molecule has 2 heterocycles. The van der Waals surface area contributed by atoms with Crippen LogP contribution in [0.1, 0.15) is 22.2 Å². The molecule has 0 radical (unpaired) electrons. The summed E-state index contributed by atoms with van der Waals surface area (Å²) in [6, 6.07) is 11.7. The number of nitrogens with zero attached hydrogens (tertiary/aromatic N) is 2. The molecule has 0 aliphatic rings. The van der Waals surface area contributed by atoms with Crippen molar-refractivity contribution in [3.05, 3.63) is 52.2 Å². The molecule has 0 aliphatic heterocycles. The molecule has 3 aromatic rings. The number of benzene rings is 1. The Bertz CT molecular complexity index is 733. The van der Waals surface area contributed by atoms with Gasteiger partial charge in [-0.25, -0.2) is 0 Å². The quantitative estimate of drug-likeness (QED) is 0.789. The topological polar surface area (TPSA) is 54.9 Å². The molecule has 0 fully saturated rings. The lowest BCUT2D eigenvalue weighted by atomic mass is 10.1. The van der Waals surface area contributed by atoms with E-state index in [0.29, 0.717) is 10.6 Å². The second-order valence-electron chi connectivity index (χ2n) is 4.43. The summed E-state index contributed by atoms with van der Waals surface area (Å²) in [5, 5.41) is 8.92. The van der Waals surface area contributed by atoms with E-state index in [2.05, 4.69) is 21.8 Å². The molecule has 2 aromatic heterocycles. The number of hydrogen-bond donors (Lipinski definition) is 1. The average molecular weight is 315 g/mol. The third-order valence-electron chi connectivity index (χ3n) is 3.07. The van der Waals surface area contributed by atoms with E-state index in [1.165, 1.54) is 5.56 Å². The number of thiophene rings is 1. The largest absolute Gasteiger partial charge is 0.321 e. The Morgan fingerprint density at radius 1 is 1.24 bits per heavy atom. The summed E-state index contributed by atoms with van der Waals surface area (Å²) < 4.78 is 3.91. The van der Waals surface area contributed by atoms with Crippen LogP contribution in [0.4, 0.5) is 5.69 Å². The Morgan fingerprint density at radius 3 is 2.71 bits per heavy atom.